The van der Waals surface area contributed by atoms with Crippen LogP contribution in [0.5, 0.6) is 0 Å². The predicted octanol–water partition coefficient (Wildman–Crippen LogP) is 2.41. The highest BCUT2D eigenvalue weighted by atomic mass is 32.1. The molecule has 0 saturated heterocycles. The molecule has 0 aliphatic rings. The van der Waals surface area contributed by atoms with Gasteiger partial charge in [0.1, 0.15) is 6.04 Å². The van der Waals surface area contributed by atoms with Gasteiger partial charge >= 0.3 is 6.09 Å². The summed E-state index contributed by atoms with van der Waals surface area (Å²) in [5.74, 6) is 0.108. The molecule has 0 bridgehead atoms. The monoisotopic (exact) mass is 347 g/mol. The quantitative estimate of drug-likeness (QED) is 0.843. The molecule has 128 valence electrons. The maximum atomic E-state index is 11.8. The Morgan fingerprint density at radius 1 is 1.17 bits per heavy atom. The summed E-state index contributed by atoms with van der Waals surface area (Å²) < 4.78 is 4.44. The molecule has 5 nitrogen and oxygen atoms in total. The topological polar surface area (TPSA) is 72.0 Å². The van der Waals surface area contributed by atoms with Gasteiger partial charge < -0.3 is 10.1 Å². The summed E-state index contributed by atoms with van der Waals surface area (Å²) in [7, 11) is 1.23. The highest BCUT2D eigenvalue weighted by molar-refractivity contribution is 7.10. The number of imide groups is 1. The molecule has 2 amide bonds. The number of methoxy groups -OCH3 is 1. The van der Waals surface area contributed by atoms with Gasteiger partial charge in [-0.2, -0.15) is 0 Å². The number of hydrogen-bond donors (Lipinski definition) is 2. The van der Waals surface area contributed by atoms with E-state index >= 15 is 0 Å². The van der Waals surface area contributed by atoms with Crippen LogP contribution in [-0.2, 0) is 9.53 Å². The zero-order valence-corrected chi connectivity index (χ0v) is 14.9. The first-order valence-electron chi connectivity index (χ1n) is 7.85. The van der Waals surface area contributed by atoms with Crippen molar-refractivity contribution in [2.45, 2.75) is 25.8 Å². The van der Waals surface area contributed by atoms with Crippen LogP contribution < -0.4 is 10.6 Å². The van der Waals surface area contributed by atoms with Crippen molar-refractivity contribution >= 4 is 23.3 Å². The zero-order chi connectivity index (χ0) is 17.5. The van der Waals surface area contributed by atoms with Gasteiger partial charge in [-0.1, -0.05) is 44.2 Å². The van der Waals surface area contributed by atoms with Gasteiger partial charge in [0.05, 0.1) is 12.0 Å². The first kappa shape index (κ1) is 18.2. The highest BCUT2D eigenvalue weighted by Gasteiger charge is 2.21. The smallest absolute Gasteiger partial charge is 0.413 e. The number of amides is 2. The number of alkyl carbamates (subject to hydrolysis) is 1. The predicted molar refractivity (Wildman–Crippen MR) is 94.0 cm³/mol. The molecule has 0 saturated carbocycles. The van der Waals surface area contributed by atoms with E-state index in [2.05, 4.69) is 54.2 Å². The summed E-state index contributed by atoms with van der Waals surface area (Å²) in [4.78, 5) is 24.1. The Hall–Kier alpha value is -2.18. The van der Waals surface area contributed by atoms with E-state index in [1.165, 1.54) is 12.7 Å². The van der Waals surface area contributed by atoms with Gasteiger partial charge in [0.2, 0.25) is 0 Å². The molecular weight excluding hydrogens is 324 g/mol. The molecule has 1 heterocycles. The molecule has 0 aliphatic carbocycles. The molecule has 3 N–H and O–H groups in total. The van der Waals surface area contributed by atoms with Gasteiger partial charge in [-0.3, -0.25) is 10.1 Å². The molecule has 0 fully saturated rings. The number of benzene rings is 1. The van der Waals surface area contributed by atoms with Crippen LogP contribution in [0.1, 0.15) is 41.8 Å². The molecule has 6 heteroatoms. The molecular formula is C18H23N2O3S+. The SMILES string of the molecule is COC(=O)NC(=O)C[NH2+][C@H](c1ccc(C(C)C)cc1)c1cccs1. The van der Waals surface area contributed by atoms with Crippen molar-refractivity contribution in [3.8, 4) is 0 Å². The standard InChI is InChI=1S/C18H22N2O3S/c1-12(2)13-6-8-14(9-7-13)17(15-5-4-10-24-15)19-11-16(21)20-18(22)23-3/h4-10,12,17,19H,11H2,1-3H3,(H,20,21,22)/p+1/t17-/m1/s1. The maximum absolute atomic E-state index is 11.8. The van der Waals surface area contributed by atoms with E-state index in [0.717, 1.165) is 10.4 Å². The zero-order valence-electron chi connectivity index (χ0n) is 14.1. The van der Waals surface area contributed by atoms with E-state index in [1.807, 2.05) is 16.8 Å². The van der Waals surface area contributed by atoms with Crippen molar-refractivity contribution in [2.24, 2.45) is 0 Å². The second-order valence-corrected chi connectivity index (χ2v) is 6.77. The van der Waals surface area contributed by atoms with Crippen LogP contribution in [0.2, 0.25) is 0 Å². The van der Waals surface area contributed by atoms with Crippen LogP contribution in [0.15, 0.2) is 41.8 Å². The van der Waals surface area contributed by atoms with Gasteiger partial charge in [-0.15, -0.1) is 11.3 Å². The fraction of sp³-hybridized carbons (Fsp3) is 0.333. The average molecular weight is 347 g/mol. The van der Waals surface area contributed by atoms with Crippen LogP contribution in [0, 0.1) is 0 Å². The van der Waals surface area contributed by atoms with Crippen molar-refractivity contribution in [1.82, 2.24) is 5.32 Å². The number of nitrogens with one attached hydrogen (secondary N) is 1. The molecule has 0 spiro atoms. The summed E-state index contributed by atoms with van der Waals surface area (Å²) in [5, 5.41) is 6.12. The summed E-state index contributed by atoms with van der Waals surface area (Å²) in [6.07, 6.45) is -0.734. The van der Waals surface area contributed by atoms with Crippen molar-refractivity contribution in [1.29, 1.82) is 0 Å². The number of hydrogen-bond acceptors (Lipinski definition) is 4. The number of carbonyl (C=O) groups excluding carboxylic acids is 2. The second-order valence-electron chi connectivity index (χ2n) is 5.79. The Labute approximate surface area is 146 Å². The molecule has 0 unspecified atom stereocenters. The minimum absolute atomic E-state index is 0.0228. The van der Waals surface area contributed by atoms with E-state index in [9.17, 15) is 9.59 Å². The Kier molecular flexibility index (Phi) is 6.52. The molecule has 2 rings (SSSR count). The maximum Gasteiger partial charge on any atom is 0.413 e. The molecule has 24 heavy (non-hydrogen) atoms. The fourth-order valence-electron chi connectivity index (χ4n) is 2.41. The lowest BCUT2D eigenvalue weighted by molar-refractivity contribution is -0.676. The summed E-state index contributed by atoms with van der Waals surface area (Å²) in [5.41, 5.74) is 2.42. The van der Waals surface area contributed by atoms with E-state index in [1.54, 1.807) is 11.3 Å². The molecule has 0 aliphatic heterocycles. The number of nitrogens with two attached hydrogens (primary N) is 1. The minimum atomic E-state index is -0.734. The lowest BCUT2D eigenvalue weighted by Crippen LogP contribution is -2.87. The Balaban J connectivity index is 2.11. The van der Waals surface area contributed by atoms with Crippen LogP contribution >= 0.6 is 11.3 Å². The largest absolute Gasteiger partial charge is 0.453 e. The number of thiophene rings is 1. The van der Waals surface area contributed by atoms with Gasteiger partial charge in [0.25, 0.3) is 5.91 Å². The number of rotatable bonds is 6. The molecule has 1 aromatic carbocycles. The first-order chi connectivity index (χ1) is 11.5. The van der Waals surface area contributed by atoms with Gasteiger partial charge in [-0.25, -0.2) is 4.79 Å². The van der Waals surface area contributed by atoms with Crippen LogP contribution in [-0.4, -0.2) is 25.7 Å². The van der Waals surface area contributed by atoms with E-state index < -0.39 is 6.09 Å². The van der Waals surface area contributed by atoms with Crippen LogP contribution in [0.3, 0.4) is 0 Å². The molecule has 1 aromatic heterocycles. The lowest BCUT2D eigenvalue weighted by atomic mass is 9.98. The van der Waals surface area contributed by atoms with Crippen LogP contribution in [0.4, 0.5) is 4.79 Å². The third-order valence-corrected chi connectivity index (χ3v) is 4.73. The number of ether oxygens (including phenoxy) is 1. The van der Waals surface area contributed by atoms with E-state index in [4.69, 9.17) is 0 Å². The summed E-state index contributed by atoms with van der Waals surface area (Å²) in [6.45, 7) is 4.47. The molecule has 0 radical (unpaired) electrons. The third kappa shape index (κ3) is 4.91. The van der Waals surface area contributed by atoms with E-state index in [0.29, 0.717) is 5.92 Å². The van der Waals surface area contributed by atoms with Crippen molar-refractivity contribution < 1.29 is 19.6 Å². The Morgan fingerprint density at radius 3 is 2.38 bits per heavy atom. The normalized spacial score (nSPS) is 12.0. The summed E-state index contributed by atoms with van der Waals surface area (Å²) in [6, 6.07) is 12.5. The van der Waals surface area contributed by atoms with Crippen molar-refractivity contribution in [2.75, 3.05) is 13.7 Å². The average Bonchev–Trinajstić information content (AvgIpc) is 3.09. The number of quaternary nitrogens is 1. The van der Waals surface area contributed by atoms with Crippen molar-refractivity contribution in [3.63, 3.8) is 0 Å². The molecule has 2 aromatic rings. The fourth-order valence-corrected chi connectivity index (χ4v) is 3.26. The summed E-state index contributed by atoms with van der Waals surface area (Å²) >= 11 is 1.65. The van der Waals surface area contributed by atoms with Gasteiger partial charge in [0, 0.05) is 5.56 Å². The highest BCUT2D eigenvalue weighted by Crippen LogP contribution is 2.24. The minimum Gasteiger partial charge on any atom is -0.453 e. The third-order valence-electron chi connectivity index (χ3n) is 3.78. The first-order valence-corrected chi connectivity index (χ1v) is 8.73. The van der Waals surface area contributed by atoms with Gasteiger partial charge in [0.15, 0.2) is 6.54 Å². The van der Waals surface area contributed by atoms with Gasteiger partial charge in [-0.05, 0) is 22.9 Å². The molecule has 1 atom stereocenters. The van der Waals surface area contributed by atoms with Crippen LogP contribution in [0.25, 0.3) is 0 Å². The second kappa shape index (κ2) is 8.61. The van der Waals surface area contributed by atoms with E-state index in [-0.39, 0.29) is 18.5 Å². The lowest BCUT2D eigenvalue weighted by Gasteiger charge is -2.15. The number of carbonyl (C=O) groups is 2. The Bertz CT molecular complexity index is 666. The Morgan fingerprint density at radius 2 is 1.83 bits per heavy atom. The van der Waals surface area contributed by atoms with Crippen molar-refractivity contribution in [3.05, 3.63) is 57.8 Å².